The van der Waals surface area contributed by atoms with Crippen LogP contribution in [0, 0.1) is 0 Å². The third kappa shape index (κ3) is 3.01. The Morgan fingerprint density at radius 2 is 1.56 bits per heavy atom. The molecule has 0 aliphatic rings. The van der Waals surface area contributed by atoms with Crippen molar-refractivity contribution in [3.8, 4) is 5.75 Å². The number of ether oxygens (including phenoxy) is 2. The Morgan fingerprint density at radius 3 is 2.00 bits per heavy atom. The number of benzene rings is 1. The van der Waals surface area contributed by atoms with Gasteiger partial charge in [0.2, 0.25) is 0 Å². The number of carbonyl (C=O) groups excluding carboxylic acids is 2. The van der Waals surface area contributed by atoms with Gasteiger partial charge in [-0.05, 0) is 12.1 Å². The molecule has 7 heteroatoms. The van der Waals surface area contributed by atoms with Gasteiger partial charge < -0.3 is 9.47 Å². The minimum atomic E-state index is -1.21. The van der Waals surface area contributed by atoms with E-state index < -0.39 is 11.9 Å². The second-order valence-corrected chi connectivity index (χ2v) is 3.83. The van der Waals surface area contributed by atoms with E-state index in [9.17, 15) is 9.59 Å². The molecule has 0 atom stereocenters. The Kier molecular flexibility index (Phi) is 4.41. The molecule has 0 amide bonds. The molecule has 0 bridgehead atoms. The fourth-order valence-corrected chi connectivity index (χ4v) is 1.74. The molecule has 16 heavy (non-hydrogen) atoms. The highest BCUT2D eigenvalue weighted by Gasteiger charge is 2.20. The van der Waals surface area contributed by atoms with Crippen molar-refractivity contribution in [3.05, 3.63) is 27.2 Å². The first-order chi connectivity index (χ1) is 7.45. The van der Waals surface area contributed by atoms with Crippen molar-refractivity contribution in [1.82, 2.24) is 0 Å². The van der Waals surface area contributed by atoms with Crippen molar-refractivity contribution in [2.75, 3.05) is 7.11 Å². The summed E-state index contributed by atoms with van der Waals surface area (Å²) in [7, 11) is 1.05. The van der Waals surface area contributed by atoms with E-state index >= 15 is 0 Å². The standard InChI is InChI=1S/C9H5Cl3O4/c1-15-8(13)9(14)16-7-5(11)2-4(10)3-6(7)12/h2-3H,1H3. The van der Waals surface area contributed by atoms with Crippen molar-refractivity contribution in [2.45, 2.75) is 0 Å². The Hall–Kier alpha value is -0.970. The van der Waals surface area contributed by atoms with Gasteiger partial charge in [-0.1, -0.05) is 34.8 Å². The predicted molar refractivity (Wildman–Crippen MR) is 59.1 cm³/mol. The van der Waals surface area contributed by atoms with Gasteiger partial charge in [0.15, 0.2) is 5.75 Å². The van der Waals surface area contributed by atoms with Crippen LogP contribution in [0.15, 0.2) is 12.1 Å². The van der Waals surface area contributed by atoms with E-state index in [1.54, 1.807) is 0 Å². The molecular weight excluding hydrogens is 278 g/mol. The van der Waals surface area contributed by atoms with Crippen LogP contribution in [-0.4, -0.2) is 19.0 Å². The summed E-state index contributed by atoms with van der Waals surface area (Å²) in [6.07, 6.45) is 0. The maximum atomic E-state index is 11.1. The topological polar surface area (TPSA) is 52.6 Å². The summed E-state index contributed by atoms with van der Waals surface area (Å²) in [5, 5.41) is 0.331. The van der Waals surface area contributed by atoms with Gasteiger partial charge in [-0.3, -0.25) is 0 Å². The van der Waals surface area contributed by atoms with Crippen molar-refractivity contribution in [1.29, 1.82) is 0 Å². The molecule has 0 spiro atoms. The zero-order chi connectivity index (χ0) is 12.3. The summed E-state index contributed by atoms with van der Waals surface area (Å²) in [6, 6.07) is 2.66. The smallest absolute Gasteiger partial charge is 0.422 e. The molecule has 0 saturated heterocycles. The summed E-state index contributed by atoms with van der Waals surface area (Å²) >= 11 is 17.1. The largest absolute Gasteiger partial charge is 0.461 e. The van der Waals surface area contributed by atoms with Crippen molar-refractivity contribution in [3.63, 3.8) is 0 Å². The quantitative estimate of drug-likeness (QED) is 0.452. The minimum absolute atomic E-state index is 0.0229. The van der Waals surface area contributed by atoms with Gasteiger partial charge in [0, 0.05) is 5.02 Å². The molecule has 1 aromatic carbocycles. The molecule has 0 heterocycles. The molecule has 0 N–H and O–H groups in total. The lowest BCUT2D eigenvalue weighted by Crippen LogP contribution is -2.21. The zero-order valence-electron chi connectivity index (χ0n) is 7.92. The zero-order valence-corrected chi connectivity index (χ0v) is 10.2. The average Bonchev–Trinajstić information content (AvgIpc) is 2.21. The van der Waals surface area contributed by atoms with Crippen LogP contribution in [0.2, 0.25) is 15.1 Å². The number of hydrogen-bond donors (Lipinski definition) is 0. The average molecular weight is 283 g/mol. The maximum Gasteiger partial charge on any atom is 0.422 e. The molecule has 0 fully saturated rings. The van der Waals surface area contributed by atoms with E-state index in [4.69, 9.17) is 34.8 Å². The number of esters is 2. The maximum absolute atomic E-state index is 11.1. The van der Waals surface area contributed by atoms with E-state index in [1.807, 2.05) is 0 Å². The molecule has 0 unspecified atom stereocenters. The first-order valence-electron chi connectivity index (χ1n) is 3.90. The predicted octanol–water partition coefficient (Wildman–Crippen LogP) is 2.73. The van der Waals surface area contributed by atoms with E-state index in [2.05, 4.69) is 9.47 Å². The van der Waals surface area contributed by atoms with Crippen LogP contribution in [-0.2, 0) is 14.3 Å². The third-order valence-corrected chi connectivity index (χ3v) is 2.29. The highest BCUT2D eigenvalue weighted by atomic mass is 35.5. The van der Waals surface area contributed by atoms with Crippen molar-refractivity contribution in [2.24, 2.45) is 0 Å². The van der Waals surface area contributed by atoms with Gasteiger partial charge in [0.25, 0.3) is 0 Å². The summed E-state index contributed by atoms with van der Waals surface area (Å²) in [4.78, 5) is 21.9. The number of hydrogen-bond acceptors (Lipinski definition) is 4. The number of methoxy groups -OCH3 is 1. The van der Waals surface area contributed by atoms with Crippen LogP contribution in [0.5, 0.6) is 5.75 Å². The van der Waals surface area contributed by atoms with E-state index in [-0.39, 0.29) is 20.8 Å². The van der Waals surface area contributed by atoms with Crippen LogP contribution in [0.1, 0.15) is 0 Å². The lowest BCUT2D eigenvalue weighted by Gasteiger charge is -2.07. The third-order valence-electron chi connectivity index (χ3n) is 1.51. The Bertz CT molecular complexity index is 421. The van der Waals surface area contributed by atoms with E-state index in [1.165, 1.54) is 12.1 Å². The highest BCUT2D eigenvalue weighted by Crippen LogP contribution is 2.35. The number of carbonyl (C=O) groups is 2. The summed E-state index contributed by atoms with van der Waals surface area (Å²) in [6.45, 7) is 0. The van der Waals surface area contributed by atoms with Gasteiger partial charge in [0.1, 0.15) is 0 Å². The van der Waals surface area contributed by atoms with Gasteiger partial charge in [-0.25, -0.2) is 9.59 Å². The molecule has 1 rings (SSSR count). The fourth-order valence-electron chi connectivity index (χ4n) is 0.844. The van der Waals surface area contributed by atoms with Crippen LogP contribution < -0.4 is 4.74 Å². The number of rotatable bonds is 1. The Morgan fingerprint density at radius 1 is 1.06 bits per heavy atom. The highest BCUT2D eigenvalue weighted by molar-refractivity contribution is 6.41. The second-order valence-electron chi connectivity index (χ2n) is 2.58. The van der Waals surface area contributed by atoms with Gasteiger partial charge in [-0.2, -0.15) is 0 Å². The van der Waals surface area contributed by atoms with Crippen molar-refractivity contribution >= 4 is 46.7 Å². The van der Waals surface area contributed by atoms with Crippen LogP contribution >= 0.6 is 34.8 Å². The van der Waals surface area contributed by atoms with Crippen molar-refractivity contribution < 1.29 is 19.1 Å². The summed E-state index contributed by atoms with van der Waals surface area (Å²) in [5.74, 6) is -2.50. The minimum Gasteiger partial charge on any atom is -0.461 e. The molecule has 0 radical (unpaired) electrons. The Labute approximate surface area is 106 Å². The molecule has 0 aromatic heterocycles. The lowest BCUT2D eigenvalue weighted by molar-refractivity contribution is -0.160. The second kappa shape index (κ2) is 5.39. The van der Waals surface area contributed by atoms with Gasteiger partial charge >= 0.3 is 11.9 Å². The molecular formula is C9H5Cl3O4. The first-order valence-corrected chi connectivity index (χ1v) is 5.03. The Balaban J connectivity index is 2.98. The summed E-state index contributed by atoms with van der Waals surface area (Å²) < 4.78 is 8.81. The van der Waals surface area contributed by atoms with E-state index in [0.29, 0.717) is 0 Å². The number of halogens is 3. The van der Waals surface area contributed by atoms with Gasteiger partial charge in [-0.15, -0.1) is 0 Å². The molecule has 0 saturated carbocycles. The first kappa shape index (κ1) is 13.1. The lowest BCUT2D eigenvalue weighted by atomic mass is 10.3. The molecule has 1 aromatic rings. The molecule has 86 valence electrons. The van der Waals surface area contributed by atoms with Crippen LogP contribution in [0.25, 0.3) is 0 Å². The van der Waals surface area contributed by atoms with Gasteiger partial charge in [0.05, 0.1) is 17.2 Å². The van der Waals surface area contributed by atoms with Crippen LogP contribution in [0.4, 0.5) is 0 Å². The SMILES string of the molecule is COC(=O)C(=O)Oc1c(Cl)cc(Cl)cc1Cl. The normalized spacial score (nSPS) is 9.75. The van der Waals surface area contributed by atoms with E-state index in [0.717, 1.165) is 7.11 Å². The summed E-state index contributed by atoms with van der Waals surface area (Å²) in [5.41, 5.74) is 0. The van der Waals surface area contributed by atoms with Crippen LogP contribution in [0.3, 0.4) is 0 Å². The molecule has 0 aliphatic carbocycles. The molecule has 4 nitrogen and oxygen atoms in total. The monoisotopic (exact) mass is 282 g/mol. The molecule has 0 aliphatic heterocycles. The fraction of sp³-hybridized carbons (Fsp3) is 0.111.